The minimum absolute atomic E-state index is 0.254. The lowest BCUT2D eigenvalue weighted by atomic mass is 10.1. The summed E-state index contributed by atoms with van der Waals surface area (Å²) in [6.07, 6.45) is 1.54. The van der Waals surface area contributed by atoms with Gasteiger partial charge in [-0.15, -0.1) is 0 Å². The summed E-state index contributed by atoms with van der Waals surface area (Å²) < 4.78 is 1.86. The Morgan fingerprint density at radius 1 is 1.40 bits per heavy atom. The van der Waals surface area contributed by atoms with E-state index in [9.17, 15) is 9.90 Å². The molecule has 20 heavy (non-hydrogen) atoms. The molecule has 0 fully saturated rings. The maximum absolute atomic E-state index is 11.3. The highest BCUT2D eigenvalue weighted by Gasteiger charge is 2.21. The van der Waals surface area contributed by atoms with Crippen LogP contribution in [-0.2, 0) is 19.6 Å². The second-order valence-corrected chi connectivity index (χ2v) is 5.09. The average molecular weight is 293 g/mol. The monoisotopic (exact) mass is 292 g/mol. The Morgan fingerprint density at radius 2 is 2.25 bits per heavy atom. The Morgan fingerprint density at radius 3 is 3.05 bits per heavy atom. The van der Waals surface area contributed by atoms with Crippen LogP contribution in [0.3, 0.4) is 0 Å². The minimum Gasteiger partial charge on any atom is -0.478 e. The topological polar surface area (TPSA) is 71.2 Å². The first-order valence-corrected chi connectivity index (χ1v) is 6.62. The SMILES string of the molecule is O=C(O)c1cccc(Cl)c1CN1CCn2ncnc2C1. The average Bonchev–Trinajstić information content (AvgIpc) is 2.88. The van der Waals surface area contributed by atoms with Gasteiger partial charge in [0, 0.05) is 18.1 Å². The lowest BCUT2D eigenvalue weighted by Gasteiger charge is -2.27. The second-order valence-electron chi connectivity index (χ2n) is 4.68. The number of fused-ring (bicyclic) bond motifs is 1. The van der Waals surface area contributed by atoms with Crippen molar-refractivity contribution in [3.05, 3.63) is 46.5 Å². The Labute approximate surface area is 120 Å². The van der Waals surface area contributed by atoms with Gasteiger partial charge >= 0.3 is 5.97 Å². The van der Waals surface area contributed by atoms with Crippen LogP contribution in [0.1, 0.15) is 21.7 Å². The van der Waals surface area contributed by atoms with Gasteiger partial charge in [-0.2, -0.15) is 5.10 Å². The van der Waals surface area contributed by atoms with Crippen LogP contribution in [0.4, 0.5) is 0 Å². The fraction of sp³-hybridized carbons (Fsp3) is 0.308. The van der Waals surface area contributed by atoms with Crippen LogP contribution >= 0.6 is 11.6 Å². The summed E-state index contributed by atoms with van der Waals surface area (Å²) in [6, 6.07) is 4.95. The Bertz CT molecular complexity index is 656. The summed E-state index contributed by atoms with van der Waals surface area (Å²) in [5.74, 6) is -0.0668. The quantitative estimate of drug-likeness (QED) is 0.931. The molecular weight excluding hydrogens is 280 g/mol. The van der Waals surface area contributed by atoms with Crippen LogP contribution in [0, 0.1) is 0 Å². The smallest absolute Gasteiger partial charge is 0.336 e. The fourth-order valence-electron chi connectivity index (χ4n) is 2.39. The van der Waals surface area contributed by atoms with Gasteiger partial charge in [0.15, 0.2) is 0 Å². The van der Waals surface area contributed by atoms with E-state index < -0.39 is 5.97 Å². The van der Waals surface area contributed by atoms with Crippen molar-refractivity contribution in [3.63, 3.8) is 0 Å². The molecule has 1 aromatic carbocycles. The number of carboxylic acid groups (broad SMARTS) is 1. The molecule has 2 heterocycles. The molecule has 7 heteroatoms. The molecule has 1 aliphatic rings. The minimum atomic E-state index is -0.956. The van der Waals surface area contributed by atoms with Gasteiger partial charge in [-0.05, 0) is 17.7 Å². The first-order valence-electron chi connectivity index (χ1n) is 6.25. The largest absolute Gasteiger partial charge is 0.478 e. The van der Waals surface area contributed by atoms with E-state index in [-0.39, 0.29) is 5.56 Å². The fourth-order valence-corrected chi connectivity index (χ4v) is 2.63. The van der Waals surface area contributed by atoms with E-state index >= 15 is 0 Å². The molecule has 0 amide bonds. The van der Waals surface area contributed by atoms with Gasteiger partial charge in [0.25, 0.3) is 0 Å². The second kappa shape index (κ2) is 5.22. The number of benzene rings is 1. The van der Waals surface area contributed by atoms with E-state index in [1.807, 2.05) is 4.68 Å². The number of hydrogen-bond acceptors (Lipinski definition) is 4. The number of carboxylic acids is 1. The highest BCUT2D eigenvalue weighted by Crippen LogP contribution is 2.23. The van der Waals surface area contributed by atoms with E-state index in [1.165, 1.54) is 6.33 Å². The highest BCUT2D eigenvalue weighted by atomic mass is 35.5. The summed E-state index contributed by atoms with van der Waals surface area (Å²) in [5, 5.41) is 13.8. The zero-order chi connectivity index (χ0) is 14.1. The molecule has 0 saturated heterocycles. The number of aromatic carboxylic acids is 1. The summed E-state index contributed by atoms with van der Waals surface area (Å²) in [5.41, 5.74) is 0.902. The zero-order valence-corrected chi connectivity index (χ0v) is 11.4. The van der Waals surface area contributed by atoms with Crippen molar-refractivity contribution in [1.82, 2.24) is 19.7 Å². The van der Waals surface area contributed by atoms with Gasteiger partial charge in [0.05, 0.1) is 18.7 Å². The molecule has 0 spiro atoms. The molecule has 1 aliphatic heterocycles. The molecule has 0 aliphatic carbocycles. The summed E-state index contributed by atoms with van der Waals surface area (Å²) in [4.78, 5) is 17.6. The van der Waals surface area contributed by atoms with Crippen molar-refractivity contribution in [2.45, 2.75) is 19.6 Å². The van der Waals surface area contributed by atoms with E-state index in [1.54, 1.807) is 18.2 Å². The number of aromatic nitrogens is 3. The number of halogens is 1. The zero-order valence-electron chi connectivity index (χ0n) is 10.7. The molecule has 0 atom stereocenters. The molecular formula is C13H13ClN4O2. The predicted octanol–water partition coefficient (Wildman–Crippen LogP) is 1.65. The molecule has 1 aromatic heterocycles. The van der Waals surface area contributed by atoms with Crippen molar-refractivity contribution in [2.24, 2.45) is 0 Å². The number of hydrogen-bond donors (Lipinski definition) is 1. The van der Waals surface area contributed by atoms with Crippen LogP contribution in [0.15, 0.2) is 24.5 Å². The molecule has 6 nitrogen and oxygen atoms in total. The number of carbonyl (C=O) groups is 1. The molecule has 0 unspecified atom stereocenters. The maximum atomic E-state index is 11.3. The highest BCUT2D eigenvalue weighted by molar-refractivity contribution is 6.31. The third kappa shape index (κ3) is 2.39. The summed E-state index contributed by atoms with van der Waals surface area (Å²) >= 11 is 6.15. The van der Waals surface area contributed by atoms with Gasteiger partial charge in [-0.3, -0.25) is 4.90 Å². The Hall–Kier alpha value is -1.92. The van der Waals surface area contributed by atoms with Crippen LogP contribution in [0.5, 0.6) is 0 Å². The number of rotatable bonds is 3. The normalized spacial score (nSPS) is 15.1. The van der Waals surface area contributed by atoms with E-state index in [4.69, 9.17) is 11.6 Å². The Balaban J connectivity index is 1.84. The van der Waals surface area contributed by atoms with Crippen LogP contribution in [-0.4, -0.2) is 37.3 Å². The van der Waals surface area contributed by atoms with Crippen molar-refractivity contribution < 1.29 is 9.90 Å². The summed E-state index contributed by atoms with van der Waals surface area (Å²) in [7, 11) is 0. The maximum Gasteiger partial charge on any atom is 0.336 e. The van der Waals surface area contributed by atoms with Crippen molar-refractivity contribution in [3.8, 4) is 0 Å². The van der Waals surface area contributed by atoms with E-state index in [0.717, 1.165) is 18.9 Å². The van der Waals surface area contributed by atoms with Gasteiger partial charge in [0.2, 0.25) is 0 Å². The van der Waals surface area contributed by atoms with E-state index in [0.29, 0.717) is 23.7 Å². The Kier molecular flexibility index (Phi) is 3.42. The molecule has 0 saturated carbocycles. The summed E-state index contributed by atoms with van der Waals surface area (Å²) in [6.45, 7) is 2.68. The lowest BCUT2D eigenvalue weighted by molar-refractivity contribution is 0.0694. The van der Waals surface area contributed by atoms with Gasteiger partial charge in [-0.1, -0.05) is 17.7 Å². The molecule has 0 radical (unpaired) electrons. The third-order valence-corrected chi connectivity index (χ3v) is 3.77. The first kappa shape index (κ1) is 13.1. The molecule has 0 bridgehead atoms. The molecule has 1 N–H and O–H groups in total. The van der Waals surface area contributed by atoms with Crippen LogP contribution < -0.4 is 0 Å². The van der Waals surface area contributed by atoms with Gasteiger partial charge < -0.3 is 5.11 Å². The van der Waals surface area contributed by atoms with Crippen molar-refractivity contribution in [2.75, 3.05) is 6.54 Å². The molecule has 2 aromatic rings. The van der Waals surface area contributed by atoms with Gasteiger partial charge in [0.1, 0.15) is 12.2 Å². The van der Waals surface area contributed by atoms with Crippen LogP contribution in [0.2, 0.25) is 5.02 Å². The number of nitrogens with zero attached hydrogens (tertiary/aromatic N) is 4. The third-order valence-electron chi connectivity index (χ3n) is 3.42. The van der Waals surface area contributed by atoms with Crippen LogP contribution in [0.25, 0.3) is 0 Å². The molecule has 3 rings (SSSR count). The standard InChI is InChI=1S/C13H13ClN4O2/c14-11-3-1-2-9(13(19)20)10(11)6-17-4-5-18-12(7-17)15-8-16-18/h1-3,8H,4-7H2,(H,19,20). The van der Waals surface area contributed by atoms with E-state index in [2.05, 4.69) is 15.0 Å². The van der Waals surface area contributed by atoms with Gasteiger partial charge in [-0.25, -0.2) is 14.5 Å². The predicted molar refractivity (Wildman–Crippen MR) is 72.5 cm³/mol. The lowest BCUT2D eigenvalue weighted by Crippen LogP contribution is -2.34. The van der Waals surface area contributed by atoms with Crippen molar-refractivity contribution >= 4 is 17.6 Å². The first-order chi connectivity index (χ1) is 9.65. The van der Waals surface area contributed by atoms with Crippen molar-refractivity contribution in [1.29, 1.82) is 0 Å². The molecule has 104 valence electrons.